The van der Waals surface area contributed by atoms with Crippen LogP contribution < -0.4 is 0 Å². The highest BCUT2D eigenvalue weighted by atomic mass is 35.5. The van der Waals surface area contributed by atoms with Crippen LogP contribution in [0.4, 0.5) is 5.82 Å². The van der Waals surface area contributed by atoms with E-state index in [1.165, 1.54) is 10.9 Å². The van der Waals surface area contributed by atoms with E-state index in [2.05, 4.69) is 11.7 Å². The summed E-state index contributed by atoms with van der Waals surface area (Å²) in [4.78, 5) is 9.73. The lowest BCUT2D eigenvalue weighted by Crippen LogP contribution is -1.99. The minimum atomic E-state index is -0.614. The Balaban J connectivity index is 2.95. The van der Waals surface area contributed by atoms with E-state index in [-0.39, 0.29) is 10.8 Å². The number of allylic oxidation sites excluding steroid dienone is 1. The van der Waals surface area contributed by atoms with E-state index in [9.17, 15) is 10.1 Å². The number of hydrogen-bond donors (Lipinski definition) is 0. The van der Waals surface area contributed by atoms with E-state index in [1.807, 2.05) is 0 Å². The molecule has 0 atom stereocenters. The van der Waals surface area contributed by atoms with E-state index in [0.29, 0.717) is 6.54 Å². The largest absolute Gasteiger partial charge is 0.408 e. The van der Waals surface area contributed by atoms with Gasteiger partial charge in [-0.3, -0.25) is 0 Å². The van der Waals surface area contributed by atoms with Gasteiger partial charge in [-0.15, -0.1) is 0 Å². The molecule has 0 radical (unpaired) electrons. The molecule has 0 unspecified atom stereocenters. The van der Waals surface area contributed by atoms with Crippen LogP contribution in [0.1, 0.15) is 6.92 Å². The summed E-state index contributed by atoms with van der Waals surface area (Å²) in [7, 11) is 0. The summed E-state index contributed by atoms with van der Waals surface area (Å²) in [6, 6.07) is 0. The van der Waals surface area contributed by atoms with Crippen LogP contribution in [0.2, 0.25) is 5.02 Å². The first-order chi connectivity index (χ1) is 6.00. The Morgan fingerprint density at radius 3 is 2.92 bits per heavy atom. The Kier molecular flexibility index (Phi) is 2.67. The zero-order chi connectivity index (χ0) is 10.0. The topological polar surface area (TPSA) is 61.0 Å². The van der Waals surface area contributed by atoms with Gasteiger partial charge in [0.25, 0.3) is 0 Å². The van der Waals surface area contributed by atoms with Crippen LogP contribution in [0.5, 0.6) is 0 Å². The monoisotopic (exact) mass is 201 g/mol. The van der Waals surface area contributed by atoms with E-state index in [4.69, 9.17) is 11.6 Å². The van der Waals surface area contributed by atoms with Crippen molar-refractivity contribution in [1.29, 1.82) is 0 Å². The van der Waals surface area contributed by atoms with Crippen molar-refractivity contribution in [3.05, 3.63) is 33.5 Å². The van der Waals surface area contributed by atoms with Crippen LogP contribution in [0.15, 0.2) is 18.3 Å². The molecule has 13 heavy (non-hydrogen) atoms. The molecular formula is C7H8ClN3O2. The summed E-state index contributed by atoms with van der Waals surface area (Å²) >= 11 is 5.57. The summed E-state index contributed by atoms with van der Waals surface area (Å²) in [6.45, 7) is 5.91. The van der Waals surface area contributed by atoms with Crippen LogP contribution in [0, 0.1) is 10.1 Å². The molecule has 0 N–H and O–H groups in total. The Labute approximate surface area is 79.8 Å². The smallest absolute Gasteiger partial charge is 0.358 e. The molecule has 0 aromatic carbocycles. The first-order valence-corrected chi connectivity index (χ1v) is 3.90. The van der Waals surface area contributed by atoms with Gasteiger partial charge >= 0.3 is 5.82 Å². The maximum Gasteiger partial charge on any atom is 0.408 e. The van der Waals surface area contributed by atoms with E-state index in [1.54, 1.807) is 6.92 Å². The zero-order valence-corrected chi connectivity index (χ0v) is 7.78. The Morgan fingerprint density at radius 1 is 1.92 bits per heavy atom. The fourth-order valence-electron chi connectivity index (χ4n) is 0.868. The molecule has 5 nitrogen and oxygen atoms in total. The molecule has 0 amide bonds. The molecule has 0 aliphatic carbocycles. The Hall–Kier alpha value is -1.36. The average Bonchev–Trinajstić information content (AvgIpc) is 2.29. The van der Waals surface area contributed by atoms with Gasteiger partial charge < -0.3 is 10.1 Å². The molecule has 6 heteroatoms. The van der Waals surface area contributed by atoms with Crippen LogP contribution >= 0.6 is 11.6 Å². The first kappa shape index (κ1) is 9.73. The predicted octanol–water partition coefficient (Wildman–Crippen LogP) is 2.02. The van der Waals surface area contributed by atoms with E-state index < -0.39 is 4.92 Å². The molecule has 70 valence electrons. The fourth-order valence-corrected chi connectivity index (χ4v) is 1.09. The van der Waals surface area contributed by atoms with Crippen LogP contribution in [-0.2, 0) is 6.54 Å². The number of nitro groups is 1. The summed E-state index contributed by atoms with van der Waals surface area (Å²) in [5.74, 6) is -0.317. The van der Waals surface area contributed by atoms with Crippen molar-refractivity contribution in [3.8, 4) is 0 Å². The molecule has 0 saturated carbocycles. The van der Waals surface area contributed by atoms with Gasteiger partial charge in [-0.25, -0.2) is 0 Å². The van der Waals surface area contributed by atoms with Crippen molar-refractivity contribution in [2.75, 3.05) is 0 Å². The minimum absolute atomic E-state index is 0.0475. The fraction of sp³-hybridized carbons (Fsp3) is 0.286. The second-order valence-electron chi connectivity index (χ2n) is 2.71. The average molecular weight is 202 g/mol. The summed E-state index contributed by atoms with van der Waals surface area (Å²) in [5, 5.41) is 14.1. The lowest BCUT2D eigenvalue weighted by atomic mass is 10.4. The van der Waals surface area contributed by atoms with Crippen LogP contribution in [0.25, 0.3) is 0 Å². The molecule has 1 aromatic rings. The van der Waals surface area contributed by atoms with Crippen LogP contribution in [-0.4, -0.2) is 14.7 Å². The van der Waals surface area contributed by atoms with Gasteiger partial charge in [-0.05, 0) is 11.8 Å². The third-order valence-corrected chi connectivity index (χ3v) is 1.57. The number of halogens is 1. The first-order valence-electron chi connectivity index (χ1n) is 3.52. The van der Waals surface area contributed by atoms with Gasteiger partial charge in [-0.2, -0.15) is 4.68 Å². The maximum absolute atomic E-state index is 10.3. The van der Waals surface area contributed by atoms with Gasteiger partial charge in [0.1, 0.15) is 0 Å². The lowest BCUT2D eigenvalue weighted by Gasteiger charge is -1.92. The predicted molar refractivity (Wildman–Crippen MR) is 48.7 cm³/mol. The quantitative estimate of drug-likeness (QED) is 0.427. The molecule has 1 rings (SSSR count). The number of nitrogens with zero attached hydrogens (tertiary/aromatic N) is 3. The van der Waals surface area contributed by atoms with Crippen molar-refractivity contribution in [2.45, 2.75) is 13.5 Å². The van der Waals surface area contributed by atoms with Gasteiger partial charge in [0.15, 0.2) is 5.02 Å². The molecule has 0 spiro atoms. The normalized spacial score (nSPS) is 10.0. The Bertz CT molecular complexity index is 359. The summed E-state index contributed by atoms with van der Waals surface area (Å²) in [5.41, 5.74) is 0.856. The molecule has 1 aromatic heterocycles. The SMILES string of the molecule is C=C(C)Cn1cc(Cl)c([N+](=O)[O-])n1. The summed E-state index contributed by atoms with van der Waals surface area (Å²) in [6.07, 6.45) is 1.41. The van der Waals surface area contributed by atoms with Crippen molar-refractivity contribution in [1.82, 2.24) is 9.78 Å². The second kappa shape index (κ2) is 3.57. The van der Waals surface area contributed by atoms with Crippen molar-refractivity contribution >= 4 is 17.4 Å². The lowest BCUT2D eigenvalue weighted by molar-refractivity contribution is -0.389. The zero-order valence-electron chi connectivity index (χ0n) is 7.03. The van der Waals surface area contributed by atoms with Crippen molar-refractivity contribution < 1.29 is 4.92 Å². The Morgan fingerprint density at radius 2 is 2.54 bits per heavy atom. The van der Waals surface area contributed by atoms with Gasteiger partial charge in [-0.1, -0.05) is 23.8 Å². The molecular weight excluding hydrogens is 194 g/mol. The van der Waals surface area contributed by atoms with Gasteiger partial charge in [0, 0.05) is 0 Å². The summed E-state index contributed by atoms with van der Waals surface area (Å²) < 4.78 is 1.39. The maximum atomic E-state index is 10.3. The standard InChI is InChI=1S/C7H8ClN3O2/c1-5(2)3-10-4-6(8)7(9-10)11(12)13/h4H,1,3H2,2H3. The molecule has 0 fully saturated rings. The highest BCUT2D eigenvalue weighted by Gasteiger charge is 2.18. The van der Waals surface area contributed by atoms with Crippen molar-refractivity contribution in [3.63, 3.8) is 0 Å². The molecule has 0 aliphatic rings. The second-order valence-corrected chi connectivity index (χ2v) is 3.12. The number of rotatable bonds is 3. The minimum Gasteiger partial charge on any atom is -0.358 e. The highest BCUT2D eigenvalue weighted by molar-refractivity contribution is 6.32. The third-order valence-electron chi connectivity index (χ3n) is 1.30. The van der Waals surface area contributed by atoms with Gasteiger partial charge in [0.2, 0.25) is 0 Å². The molecule has 1 heterocycles. The molecule has 0 aliphatic heterocycles. The van der Waals surface area contributed by atoms with Crippen LogP contribution in [0.3, 0.4) is 0 Å². The number of hydrogen-bond acceptors (Lipinski definition) is 3. The molecule has 0 saturated heterocycles. The third kappa shape index (κ3) is 2.29. The molecule has 0 bridgehead atoms. The van der Waals surface area contributed by atoms with E-state index >= 15 is 0 Å². The van der Waals surface area contributed by atoms with Crippen molar-refractivity contribution in [2.24, 2.45) is 0 Å². The highest BCUT2D eigenvalue weighted by Crippen LogP contribution is 2.21. The van der Waals surface area contributed by atoms with Gasteiger partial charge in [0.05, 0.1) is 17.8 Å². The number of aromatic nitrogens is 2. The van der Waals surface area contributed by atoms with E-state index in [0.717, 1.165) is 5.57 Å².